The summed E-state index contributed by atoms with van der Waals surface area (Å²) in [4.78, 5) is 11.4. The first-order chi connectivity index (χ1) is 8.09. The SMILES string of the molecule is CCC(CC)(Nc1ccccc1OC)C(=O)O. The maximum atomic E-state index is 11.4. The summed E-state index contributed by atoms with van der Waals surface area (Å²) in [5, 5.41) is 12.4. The number of anilines is 1. The molecule has 17 heavy (non-hydrogen) atoms. The number of carbonyl (C=O) groups is 1. The Morgan fingerprint density at radius 1 is 1.35 bits per heavy atom. The van der Waals surface area contributed by atoms with Gasteiger partial charge in [-0.15, -0.1) is 0 Å². The predicted octanol–water partition coefficient (Wildman–Crippen LogP) is 2.75. The Kier molecular flexibility index (Phi) is 4.37. The van der Waals surface area contributed by atoms with E-state index in [1.807, 2.05) is 32.0 Å². The highest BCUT2D eigenvalue weighted by Crippen LogP contribution is 2.29. The van der Waals surface area contributed by atoms with Crippen molar-refractivity contribution < 1.29 is 14.6 Å². The molecule has 0 fully saturated rings. The zero-order valence-corrected chi connectivity index (χ0v) is 10.5. The lowest BCUT2D eigenvalue weighted by molar-refractivity contribution is -0.142. The molecule has 1 aromatic rings. The molecule has 0 aliphatic heterocycles. The lowest BCUT2D eigenvalue weighted by atomic mass is 9.92. The van der Waals surface area contributed by atoms with Crippen molar-refractivity contribution in [2.24, 2.45) is 0 Å². The minimum atomic E-state index is -0.936. The minimum Gasteiger partial charge on any atom is -0.495 e. The molecule has 0 saturated carbocycles. The second-order valence-electron chi connectivity index (χ2n) is 3.92. The van der Waals surface area contributed by atoms with Crippen LogP contribution in [0.1, 0.15) is 26.7 Å². The van der Waals surface area contributed by atoms with E-state index in [4.69, 9.17) is 4.74 Å². The van der Waals surface area contributed by atoms with Crippen molar-refractivity contribution in [2.75, 3.05) is 12.4 Å². The number of ether oxygens (including phenoxy) is 1. The van der Waals surface area contributed by atoms with Gasteiger partial charge in [-0.3, -0.25) is 0 Å². The number of carboxylic acids is 1. The highest BCUT2D eigenvalue weighted by atomic mass is 16.5. The predicted molar refractivity (Wildman–Crippen MR) is 67.6 cm³/mol. The number of carboxylic acid groups (broad SMARTS) is 1. The van der Waals surface area contributed by atoms with Crippen LogP contribution in [0.2, 0.25) is 0 Å². The van der Waals surface area contributed by atoms with Crippen molar-refractivity contribution in [3.8, 4) is 5.75 Å². The average Bonchev–Trinajstić information content (AvgIpc) is 2.36. The maximum Gasteiger partial charge on any atom is 0.329 e. The van der Waals surface area contributed by atoms with E-state index in [2.05, 4.69) is 5.32 Å². The van der Waals surface area contributed by atoms with Crippen LogP contribution in [-0.4, -0.2) is 23.7 Å². The topological polar surface area (TPSA) is 58.6 Å². The summed E-state index contributed by atoms with van der Waals surface area (Å²) in [5.74, 6) is -0.187. The maximum absolute atomic E-state index is 11.4. The van der Waals surface area contributed by atoms with Crippen molar-refractivity contribution >= 4 is 11.7 Å². The molecule has 0 spiro atoms. The van der Waals surface area contributed by atoms with Crippen LogP contribution < -0.4 is 10.1 Å². The van der Waals surface area contributed by atoms with Crippen molar-refractivity contribution in [3.63, 3.8) is 0 Å². The van der Waals surface area contributed by atoms with Gasteiger partial charge in [-0.1, -0.05) is 26.0 Å². The third-order valence-electron chi connectivity index (χ3n) is 3.10. The highest BCUT2D eigenvalue weighted by Gasteiger charge is 2.35. The van der Waals surface area contributed by atoms with Crippen LogP contribution in [0.5, 0.6) is 5.75 Å². The van der Waals surface area contributed by atoms with E-state index >= 15 is 0 Å². The van der Waals surface area contributed by atoms with Crippen LogP contribution >= 0.6 is 0 Å². The van der Waals surface area contributed by atoms with Gasteiger partial charge in [0, 0.05) is 0 Å². The molecule has 1 aromatic carbocycles. The fourth-order valence-corrected chi connectivity index (χ4v) is 1.79. The van der Waals surface area contributed by atoms with Gasteiger partial charge in [-0.25, -0.2) is 4.79 Å². The summed E-state index contributed by atoms with van der Waals surface area (Å²) in [6.45, 7) is 3.72. The molecule has 4 nitrogen and oxygen atoms in total. The summed E-state index contributed by atoms with van der Waals surface area (Å²) in [6, 6.07) is 7.33. The summed E-state index contributed by atoms with van der Waals surface area (Å²) in [6.07, 6.45) is 1.02. The normalized spacial score (nSPS) is 11.0. The molecule has 0 aliphatic carbocycles. The van der Waals surface area contributed by atoms with Crippen LogP contribution in [0, 0.1) is 0 Å². The average molecular weight is 237 g/mol. The molecule has 0 saturated heterocycles. The number of hydrogen-bond donors (Lipinski definition) is 2. The minimum absolute atomic E-state index is 0.511. The van der Waals surface area contributed by atoms with E-state index in [0.717, 1.165) is 0 Å². The van der Waals surface area contributed by atoms with Gasteiger partial charge >= 0.3 is 5.97 Å². The molecule has 0 bridgehead atoms. The standard InChI is InChI=1S/C13H19NO3/c1-4-13(5-2,12(15)16)14-10-8-6-7-9-11(10)17-3/h6-9,14H,4-5H2,1-3H3,(H,15,16). The smallest absolute Gasteiger partial charge is 0.329 e. The zero-order chi connectivity index (χ0) is 12.9. The first-order valence-corrected chi connectivity index (χ1v) is 5.74. The second kappa shape index (κ2) is 5.57. The van der Waals surface area contributed by atoms with Gasteiger partial charge < -0.3 is 15.2 Å². The van der Waals surface area contributed by atoms with Crippen LogP contribution in [0.15, 0.2) is 24.3 Å². The highest BCUT2D eigenvalue weighted by molar-refractivity contribution is 5.83. The summed E-state index contributed by atoms with van der Waals surface area (Å²) in [5.41, 5.74) is -0.227. The monoisotopic (exact) mass is 237 g/mol. The first-order valence-electron chi connectivity index (χ1n) is 5.74. The van der Waals surface area contributed by atoms with Gasteiger partial charge in [0.2, 0.25) is 0 Å². The fraction of sp³-hybridized carbons (Fsp3) is 0.462. The molecule has 1 rings (SSSR count). The van der Waals surface area contributed by atoms with Crippen molar-refractivity contribution in [1.29, 1.82) is 0 Å². The molecule has 0 radical (unpaired) electrons. The number of aliphatic carboxylic acids is 1. The van der Waals surface area contributed by atoms with E-state index in [1.165, 1.54) is 0 Å². The molecule has 0 aromatic heterocycles. The van der Waals surface area contributed by atoms with Crippen LogP contribution in [-0.2, 0) is 4.79 Å². The van der Waals surface area contributed by atoms with E-state index in [-0.39, 0.29) is 0 Å². The van der Waals surface area contributed by atoms with E-state index < -0.39 is 11.5 Å². The number of para-hydroxylation sites is 2. The first kappa shape index (κ1) is 13.4. The molecular weight excluding hydrogens is 218 g/mol. The van der Waals surface area contributed by atoms with E-state index in [9.17, 15) is 9.90 Å². The molecule has 0 atom stereocenters. The fourth-order valence-electron chi connectivity index (χ4n) is 1.79. The van der Waals surface area contributed by atoms with Gasteiger partial charge in [0.05, 0.1) is 12.8 Å². The molecule has 94 valence electrons. The number of methoxy groups -OCH3 is 1. The number of hydrogen-bond acceptors (Lipinski definition) is 3. The number of nitrogens with one attached hydrogen (secondary N) is 1. The summed E-state index contributed by atoms with van der Waals surface area (Å²) in [7, 11) is 1.57. The Bertz CT molecular complexity index is 386. The molecule has 0 unspecified atom stereocenters. The number of rotatable bonds is 6. The van der Waals surface area contributed by atoms with Gasteiger partial charge in [0.25, 0.3) is 0 Å². The lowest BCUT2D eigenvalue weighted by Crippen LogP contribution is -2.45. The Balaban J connectivity index is 3.05. The molecule has 2 N–H and O–H groups in total. The third-order valence-corrected chi connectivity index (χ3v) is 3.10. The van der Waals surface area contributed by atoms with Gasteiger partial charge in [0.15, 0.2) is 0 Å². The summed E-state index contributed by atoms with van der Waals surface area (Å²) < 4.78 is 5.20. The van der Waals surface area contributed by atoms with E-state index in [1.54, 1.807) is 13.2 Å². The Labute approximate surface area is 102 Å². The molecule has 0 aliphatic rings. The summed E-state index contributed by atoms with van der Waals surface area (Å²) >= 11 is 0. The van der Waals surface area contributed by atoms with Crippen LogP contribution in [0.4, 0.5) is 5.69 Å². The van der Waals surface area contributed by atoms with Gasteiger partial charge in [0.1, 0.15) is 11.3 Å². The lowest BCUT2D eigenvalue weighted by Gasteiger charge is -2.29. The van der Waals surface area contributed by atoms with Gasteiger partial charge in [-0.2, -0.15) is 0 Å². The molecular formula is C13H19NO3. The van der Waals surface area contributed by atoms with E-state index in [0.29, 0.717) is 24.3 Å². The van der Waals surface area contributed by atoms with Crippen LogP contribution in [0.3, 0.4) is 0 Å². The Hall–Kier alpha value is -1.71. The zero-order valence-electron chi connectivity index (χ0n) is 10.5. The van der Waals surface area contributed by atoms with Crippen molar-refractivity contribution in [3.05, 3.63) is 24.3 Å². The van der Waals surface area contributed by atoms with Gasteiger partial charge in [-0.05, 0) is 25.0 Å². The quantitative estimate of drug-likeness (QED) is 0.798. The number of benzene rings is 1. The van der Waals surface area contributed by atoms with Crippen LogP contribution in [0.25, 0.3) is 0 Å². The third kappa shape index (κ3) is 2.70. The second-order valence-corrected chi connectivity index (χ2v) is 3.92. The molecule has 4 heteroatoms. The molecule has 0 amide bonds. The van der Waals surface area contributed by atoms with Crippen molar-refractivity contribution in [1.82, 2.24) is 0 Å². The largest absolute Gasteiger partial charge is 0.495 e. The van der Waals surface area contributed by atoms with Crippen molar-refractivity contribution in [2.45, 2.75) is 32.2 Å². The Morgan fingerprint density at radius 2 is 1.94 bits per heavy atom. The Morgan fingerprint density at radius 3 is 2.41 bits per heavy atom. The molecule has 0 heterocycles.